The van der Waals surface area contributed by atoms with Gasteiger partial charge in [0.2, 0.25) is 0 Å². The molecule has 1 aromatic carbocycles. The number of ether oxygens (including phenoxy) is 2. The fourth-order valence-electron chi connectivity index (χ4n) is 2.80. The van der Waals surface area contributed by atoms with Crippen LogP contribution in [0.1, 0.15) is 11.7 Å². The Labute approximate surface area is 156 Å². The first-order chi connectivity index (χ1) is 13.3. The second-order valence-corrected chi connectivity index (χ2v) is 6.14. The third-order valence-corrected chi connectivity index (χ3v) is 4.24. The van der Waals surface area contributed by atoms with E-state index < -0.39 is 54.4 Å². The molecule has 1 saturated heterocycles. The Morgan fingerprint density at radius 3 is 2.61 bits per heavy atom. The molecule has 1 aliphatic rings. The lowest BCUT2D eigenvalue weighted by Crippen LogP contribution is -2.60. The molecule has 0 aliphatic carbocycles. The van der Waals surface area contributed by atoms with Crippen LogP contribution >= 0.6 is 0 Å². The highest BCUT2D eigenvalue weighted by Gasteiger charge is 2.48. The Morgan fingerprint density at radius 2 is 2.00 bits per heavy atom. The average molecular weight is 401 g/mol. The lowest BCUT2D eigenvalue weighted by Gasteiger charge is -2.39. The highest BCUT2D eigenvalue weighted by atomic mass is 19.1. The van der Waals surface area contributed by atoms with Crippen molar-refractivity contribution in [3.05, 3.63) is 48.1 Å². The van der Waals surface area contributed by atoms with E-state index in [0.717, 1.165) is 12.1 Å². The third kappa shape index (κ3) is 4.15. The second kappa shape index (κ2) is 8.24. The van der Waals surface area contributed by atoms with Crippen LogP contribution in [-0.2, 0) is 20.8 Å². The lowest BCUT2D eigenvalue weighted by atomic mass is 9.98. The van der Waals surface area contributed by atoms with Crippen LogP contribution in [0.5, 0.6) is 0 Å². The van der Waals surface area contributed by atoms with Crippen molar-refractivity contribution in [3.63, 3.8) is 0 Å². The standard InChI is InChI=1S/C16H17F2N3O7/c17-7-1-2-8(9(18)3-7)10(4-21-6-19-5-20-21)27-16-13(24)11(22)12(23)14(28-16)15(25)26/h1-3,5-6,10-14,16,22-24H,4H2,(H,25,26)/t10?,11-,12-,13+,14-,16+/m1/s1. The van der Waals surface area contributed by atoms with Gasteiger partial charge in [0.15, 0.2) is 12.4 Å². The summed E-state index contributed by atoms with van der Waals surface area (Å²) in [7, 11) is 0. The summed E-state index contributed by atoms with van der Waals surface area (Å²) in [6, 6.07) is 2.73. The minimum absolute atomic E-state index is 0.125. The summed E-state index contributed by atoms with van der Waals surface area (Å²) in [5.74, 6) is -3.36. The SMILES string of the molecule is O=C(O)[C@@H]1O[C@H](OC(Cn2cncn2)c2ccc(F)cc2F)[C@@H](O)[C@H](O)[C@H]1O. The number of rotatable bonds is 6. The van der Waals surface area contributed by atoms with Crippen molar-refractivity contribution in [2.24, 2.45) is 0 Å². The minimum Gasteiger partial charge on any atom is -0.479 e. The van der Waals surface area contributed by atoms with Gasteiger partial charge in [-0.3, -0.25) is 4.68 Å². The van der Waals surface area contributed by atoms with Gasteiger partial charge in [-0.15, -0.1) is 0 Å². The van der Waals surface area contributed by atoms with Gasteiger partial charge in [0.25, 0.3) is 0 Å². The topological polar surface area (TPSA) is 147 Å². The monoisotopic (exact) mass is 401 g/mol. The quantitative estimate of drug-likeness (QED) is 0.489. The van der Waals surface area contributed by atoms with Crippen LogP contribution in [0, 0.1) is 11.6 Å². The van der Waals surface area contributed by atoms with Gasteiger partial charge in [-0.2, -0.15) is 5.10 Å². The van der Waals surface area contributed by atoms with Crippen molar-refractivity contribution < 1.29 is 43.5 Å². The lowest BCUT2D eigenvalue weighted by molar-refractivity contribution is -0.306. The fraction of sp³-hybridized carbons (Fsp3) is 0.438. The van der Waals surface area contributed by atoms with Crippen molar-refractivity contribution >= 4 is 5.97 Å². The Hall–Kier alpha value is -2.51. The highest BCUT2D eigenvalue weighted by molar-refractivity contribution is 5.73. The molecule has 0 spiro atoms. The molecule has 1 unspecified atom stereocenters. The van der Waals surface area contributed by atoms with Crippen molar-refractivity contribution in [2.45, 2.75) is 43.4 Å². The van der Waals surface area contributed by atoms with Crippen LogP contribution in [0.25, 0.3) is 0 Å². The van der Waals surface area contributed by atoms with Crippen LogP contribution in [0.15, 0.2) is 30.9 Å². The Kier molecular flexibility index (Phi) is 5.96. The van der Waals surface area contributed by atoms with E-state index in [1.165, 1.54) is 17.3 Å². The van der Waals surface area contributed by atoms with Crippen LogP contribution in [0.4, 0.5) is 8.78 Å². The van der Waals surface area contributed by atoms with Crippen molar-refractivity contribution in [2.75, 3.05) is 0 Å². The average Bonchev–Trinajstić information content (AvgIpc) is 3.14. The normalized spacial score (nSPS) is 28.8. The van der Waals surface area contributed by atoms with Crippen molar-refractivity contribution in [1.29, 1.82) is 0 Å². The van der Waals surface area contributed by atoms with Crippen LogP contribution < -0.4 is 0 Å². The van der Waals surface area contributed by atoms with Gasteiger partial charge in [0, 0.05) is 11.6 Å². The summed E-state index contributed by atoms with van der Waals surface area (Å²) in [5, 5.41) is 42.7. The Balaban J connectivity index is 1.88. The number of benzene rings is 1. The van der Waals surface area contributed by atoms with E-state index in [1.54, 1.807) is 0 Å². The molecule has 10 nitrogen and oxygen atoms in total. The van der Waals surface area contributed by atoms with Gasteiger partial charge in [-0.05, 0) is 6.07 Å². The van der Waals surface area contributed by atoms with Gasteiger partial charge < -0.3 is 29.9 Å². The first kappa shape index (κ1) is 20.2. The zero-order valence-corrected chi connectivity index (χ0v) is 14.2. The molecular weight excluding hydrogens is 384 g/mol. The van der Waals surface area contributed by atoms with Gasteiger partial charge in [0.1, 0.15) is 48.7 Å². The number of carboxylic acid groups (broad SMARTS) is 1. The maximum absolute atomic E-state index is 14.3. The maximum Gasteiger partial charge on any atom is 0.335 e. The number of carboxylic acids is 1. The summed E-state index contributed by atoms with van der Waals surface area (Å²) in [5.41, 5.74) is -0.125. The molecule has 0 amide bonds. The molecule has 0 radical (unpaired) electrons. The second-order valence-electron chi connectivity index (χ2n) is 6.14. The van der Waals surface area contributed by atoms with E-state index in [-0.39, 0.29) is 12.1 Å². The molecule has 0 bridgehead atoms. The third-order valence-electron chi connectivity index (χ3n) is 4.24. The molecule has 1 aromatic heterocycles. The predicted octanol–water partition coefficient (Wildman–Crippen LogP) is -0.794. The smallest absolute Gasteiger partial charge is 0.335 e. The number of hydrogen-bond acceptors (Lipinski definition) is 8. The largest absolute Gasteiger partial charge is 0.479 e. The van der Waals surface area contributed by atoms with Crippen molar-refractivity contribution in [3.8, 4) is 0 Å². The summed E-state index contributed by atoms with van der Waals surface area (Å²) >= 11 is 0. The number of nitrogens with zero attached hydrogens (tertiary/aromatic N) is 3. The number of aromatic nitrogens is 3. The van der Waals surface area contributed by atoms with Crippen LogP contribution in [0.2, 0.25) is 0 Å². The summed E-state index contributed by atoms with van der Waals surface area (Å²) < 4.78 is 39.4. The van der Waals surface area contributed by atoms with E-state index >= 15 is 0 Å². The molecule has 3 rings (SSSR count). The molecule has 152 valence electrons. The molecule has 6 atom stereocenters. The number of hydrogen-bond donors (Lipinski definition) is 4. The van der Waals surface area contributed by atoms with E-state index in [4.69, 9.17) is 14.6 Å². The van der Waals surface area contributed by atoms with E-state index in [2.05, 4.69) is 10.1 Å². The predicted molar refractivity (Wildman–Crippen MR) is 84.5 cm³/mol. The Morgan fingerprint density at radius 1 is 1.25 bits per heavy atom. The van der Waals surface area contributed by atoms with Crippen molar-refractivity contribution in [1.82, 2.24) is 14.8 Å². The Bertz CT molecular complexity index is 823. The number of halogens is 2. The van der Waals surface area contributed by atoms with Gasteiger partial charge >= 0.3 is 5.97 Å². The molecule has 0 saturated carbocycles. The van der Waals surface area contributed by atoms with E-state index in [0.29, 0.717) is 6.07 Å². The zero-order chi connectivity index (χ0) is 20.4. The first-order valence-electron chi connectivity index (χ1n) is 8.13. The first-order valence-corrected chi connectivity index (χ1v) is 8.13. The summed E-state index contributed by atoms with van der Waals surface area (Å²) in [6.45, 7) is -0.147. The van der Waals surface area contributed by atoms with Gasteiger partial charge in [-0.25, -0.2) is 18.6 Å². The summed E-state index contributed by atoms with van der Waals surface area (Å²) in [4.78, 5) is 14.9. The minimum atomic E-state index is -1.90. The molecule has 2 aromatic rings. The van der Waals surface area contributed by atoms with Gasteiger partial charge in [0.05, 0.1) is 6.54 Å². The molecule has 12 heteroatoms. The molecule has 28 heavy (non-hydrogen) atoms. The fourth-order valence-corrected chi connectivity index (χ4v) is 2.80. The molecule has 1 fully saturated rings. The highest BCUT2D eigenvalue weighted by Crippen LogP contribution is 2.30. The maximum atomic E-state index is 14.3. The molecule has 2 heterocycles. The van der Waals surface area contributed by atoms with Crippen LogP contribution in [0.3, 0.4) is 0 Å². The zero-order valence-electron chi connectivity index (χ0n) is 14.2. The number of aliphatic carboxylic acids is 1. The van der Waals surface area contributed by atoms with Crippen LogP contribution in [-0.4, -0.2) is 71.9 Å². The summed E-state index contributed by atoms with van der Waals surface area (Å²) in [6.07, 6.45) is -7.93. The van der Waals surface area contributed by atoms with E-state index in [9.17, 15) is 28.9 Å². The molecule has 4 N–H and O–H groups in total. The molecule has 1 aliphatic heterocycles. The number of aliphatic hydroxyl groups is 3. The van der Waals surface area contributed by atoms with E-state index in [1.807, 2.05) is 0 Å². The molecular formula is C16H17F2N3O7. The number of aliphatic hydroxyl groups excluding tert-OH is 3. The number of carbonyl (C=O) groups is 1. The van der Waals surface area contributed by atoms with Gasteiger partial charge in [-0.1, -0.05) is 6.07 Å².